The van der Waals surface area contributed by atoms with Crippen molar-refractivity contribution in [3.8, 4) is 5.75 Å². The zero-order chi connectivity index (χ0) is 27.6. The van der Waals surface area contributed by atoms with Crippen molar-refractivity contribution in [1.82, 2.24) is 15.1 Å². The Balaban J connectivity index is 1.22. The maximum Gasteiger partial charge on any atom is 0.410 e. The van der Waals surface area contributed by atoms with Crippen molar-refractivity contribution in [3.63, 3.8) is 0 Å². The van der Waals surface area contributed by atoms with E-state index >= 15 is 0 Å². The largest absolute Gasteiger partial charge is 0.477 e. The lowest BCUT2D eigenvalue weighted by atomic mass is 9.96. The number of carbonyl (C=O) groups excluding carboxylic acids is 3. The molecule has 9 heteroatoms. The van der Waals surface area contributed by atoms with Crippen molar-refractivity contribution in [2.24, 2.45) is 5.92 Å². The highest BCUT2D eigenvalue weighted by molar-refractivity contribution is 5.86. The van der Waals surface area contributed by atoms with Gasteiger partial charge < -0.3 is 29.5 Å². The maximum absolute atomic E-state index is 13.8. The van der Waals surface area contributed by atoms with Gasteiger partial charge in [-0.05, 0) is 84.3 Å². The molecule has 2 aliphatic carbocycles. The van der Waals surface area contributed by atoms with Gasteiger partial charge in [-0.1, -0.05) is 6.07 Å². The average molecular weight is 541 g/mol. The molecule has 1 atom stereocenters. The molecular formula is C30H44N4O5. The van der Waals surface area contributed by atoms with Crippen LogP contribution in [0.1, 0.15) is 72.1 Å². The lowest BCUT2D eigenvalue weighted by Gasteiger charge is -2.40. The van der Waals surface area contributed by atoms with Gasteiger partial charge in [0.2, 0.25) is 5.91 Å². The van der Waals surface area contributed by atoms with Crippen molar-refractivity contribution in [2.45, 2.75) is 89.4 Å². The van der Waals surface area contributed by atoms with Crippen molar-refractivity contribution in [3.05, 3.63) is 24.3 Å². The smallest absolute Gasteiger partial charge is 0.410 e. The Morgan fingerprint density at radius 1 is 0.923 bits per heavy atom. The Bertz CT molecular complexity index is 1050. The number of hydrogen-bond donors (Lipinski definition) is 1. The van der Waals surface area contributed by atoms with E-state index in [0.29, 0.717) is 57.4 Å². The topological polar surface area (TPSA) is 91.4 Å². The van der Waals surface area contributed by atoms with Gasteiger partial charge in [-0.15, -0.1) is 0 Å². The molecule has 0 bridgehead atoms. The van der Waals surface area contributed by atoms with Crippen molar-refractivity contribution in [2.75, 3.05) is 44.2 Å². The minimum Gasteiger partial charge on any atom is -0.477 e. The molecule has 0 aromatic heterocycles. The molecular weight excluding hydrogens is 496 g/mol. The average Bonchev–Trinajstić information content (AvgIpc) is 3.61. The van der Waals surface area contributed by atoms with Crippen LogP contribution >= 0.6 is 0 Å². The van der Waals surface area contributed by atoms with Crippen LogP contribution in [0.15, 0.2) is 24.3 Å². The van der Waals surface area contributed by atoms with Gasteiger partial charge in [0, 0.05) is 57.1 Å². The third kappa shape index (κ3) is 6.79. The maximum atomic E-state index is 13.8. The number of anilines is 1. The third-order valence-corrected chi connectivity index (χ3v) is 8.23. The van der Waals surface area contributed by atoms with E-state index in [1.54, 1.807) is 4.90 Å². The molecule has 1 aromatic carbocycles. The van der Waals surface area contributed by atoms with Crippen molar-refractivity contribution >= 4 is 23.6 Å². The molecule has 0 spiro atoms. The lowest BCUT2D eigenvalue weighted by molar-refractivity contribution is -0.149. The Morgan fingerprint density at radius 3 is 2.28 bits per heavy atom. The molecule has 0 radical (unpaired) electrons. The van der Waals surface area contributed by atoms with Gasteiger partial charge in [0.15, 0.2) is 5.60 Å². The summed E-state index contributed by atoms with van der Waals surface area (Å²) in [7, 11) is 0. The van der Waals surface area contributed by atoms with Gasteiger partial charge in [-0.25, -0.2) is 4.79 Å². The second kappa shape index (κ2) is 11.3. The summed E-state index contributed by atoms with van der Waals surface area (Å²) in [6.07, 6.45) is 7.05. The van der Waals surface area contributed by atoms with E-state index in [-0.39, 0.29) is 23.8 Å². The van der Waals surface area contributed by atoms with Gasteiger partial charge in [-0.3, -0.25) is 9.59 Å². The summed E-state index contributed by atoms with van der Waals surface area (Å²) in [5.74, 6) is 0.895. The van der Waals surface area contributed by atoms with Crippen LogP contribution in [0.5, 0.6) is 5.75 Å². The first kappa shape index (κ1) is 27.6. The van der Waals surface area contributed by atoms with E-state index in [4.69, 9.17) is 9.47 Å². The molecule has 5 rings (SSSR count). The predicted molar refractivity (Wildman–Crippen MR) is 149 cm³/mol. The predicted octanol–water partition coefficient (Wildman–Crippen LogP) is 3.95. The monoisotopic (exact) mass is 540 g/mol. The van der Waals surface area contributed by atoms with Gasteiger partial charge in [0.1, 0.15) is 11.4 Å². The zero-order valence-electron chi connectivity index (χ0n) is 23.7. The summed E-state index contributed by atoms with van der Waals surface area (Å²) < 4.78 is 12.1. The quantitative estimate of drug-likeness (QED) is 0.588. The first-order valence-electron chi connectivity index (χ1n) is 14.7. The molecule has 4 fully saturated rings. The van der Waals surface area contributed by atoms with Crippen LogP contribution in [0.4, 0.5) is 10.5 Å². The SMILES string of the molecule is CC(C)(C)OC(=O)N1CCN(C(=O)C2(Oc3cccc(N4CCC[C@@H](C(=O)NC5CC5)C4)c3)CCCC2)CC1. The minimum atomic E-state index is -0.874. The summed E-state index contributed by atoms with van der Waals surface area (Å²) in [6, 6.07) is 8.37. The normalized spacial score (nSPS) is 23.4. The number of ether oxygens (including phenoxy) is 2. The molecule has 0 unspecified atom stereocenters. The van der Waals surface area contributed by atoms with E-state index < -0.39 is 11.2 Å². The van der Waals surface area contributed by atoms with Crippen LogP contribution in [0.25, 0.3) is 0 Å². The van der Waals surface area contributed by atoms with E-state index in [1.807, 2.05) is 43.9 Å². The standard InChI is InChI=1S/C30H44N4O5/c1-29(2,3)39-28(37)33-18-16-32(17-19-33)27(36)30(13-4-5-14-30)38-25-10-6-9-24(20-25)34-15-7-8-22(21-34)26(35)31-23-11-12-23/h6,9-10,20,22-23H,4-5,7-8,11-19,21H2,1-3H3,(H,31,35)/t22-/m1/s1. The van der Waals surface area contributed by atoms with Crippen LogP contribution in [0.2, 0.25) is 0 Å². The fraction of sp³-hybridized carbons (Fsp3) is 0.700. The number of hydrogen-bond acceptors (Lipinski definition) is 6. The van der Waals surface area contributed by atoms with E-state index in [0.717, 1.165) is 50.8 Å². The van der Waals surface area contributed by atoms with Crippen molar-refractivity contribution < 1.29 is 23.9 Å². The van der Waals surface area contributed by atoms with Gasteiger partial charge in [-0.2, -0.15) is 0 Å². The number of nitrogens with zero attached hydrogens (tertiary/aromatic N) is 3. The summed E-state index contributed by atoms with van der Waals surface area (Å²) in [5, 5.41) is 3.16. The number of piperidine rings is 1. The summed E-state index contributed by atoms with van der Waals surface area (Å²) in [4.78, 5) is 44.8. The first-order valence-corrected chi connectivity index (χ1v) is 14.7. The number of benzene rings is 1. The van der Waals surface area contributed by atoms with E-state index in [9.17, 15) is 14.4 Å². The van der Waals surface area contributed by atoms with Crippen LogP contribution in [-0.4, -0.2) is 84.2 Å². The highest BCUT2D eigenvalue weighted by atomic mass is 16.6. The van der Waals surface area contributed by atoms with Gasteiger partial charge in [0.25, 0.3) is 5.91 Å². The van der Waals surface area contributed by atoms with Gasteiger partial charge >= 0.3 is 6.09 Å². The van der Waals surface area contributed by atoms with Crippen LogP contribution in [0.3, 0.4) is 0 Å². The highest BCUT2D eigenvalue weighted by Gasteiger charge is 2.47. The molecule has 2 saturated carbocycles. The molecule has 2 heterocycles. The van der Waals surface area contributed by atoms with E-state index in [2.05, 4.69) is 16.3 Å². The number of nitrogens with one attached hydrogen (secondary N) is 1. The number of piperazine rings is 1. The van der Waals surface area contributed by atoms with E-state index in [1.165, 1.54) is 0 Å². The van der Waals surface area contributed by atoms with Crippen LogP contribution in [-0.2, 0) is 14.3 Å². The molecule has 3 amide bonds. The van der Waals surface area contributed by atoms with Gasteiger partial charge in [0.05, 0.1) is 5.92 Å². The molecule has 2 aliphatic heterocycles. The fourth-order valence-electron chi connectivity index (χ4n) is 5.95. The molecule has 4 aliphatic rings. The summed E-state index contributed by atoms with van der Waals surface area (Å²) in [5.41, 5.74) is -0.386. The van der Waals surface area contributed by atoms with Crippen LogP contribution < -0.4 is 15.0 Å². The van der Waals surface area contributed by atoms with Crippen LogP contribution in [0, 0.1) is 5.92 Å². The summed E-state index contributed by atoms with van der Waals surface area (Å²) >= 11 is 0. The molecule has 2 saturated heterocycles. The Kier molecular flexibility index (Phi) is 7.96. The first-order chi connectivity index (χ1) is 18.6. The molecule has 1 N–H and O–H groups in total. The Hall–Kier alpha value is -2.97. The van der Waals surface area contributed by atoms with Crippen molar-refractivity contribution in [1.29, 1.82) is 0 Å². The fourth-order valence-corrected chi connectivity index (χ4v) is 5.95. The zero-order valence-corrected chi connectivity index (χ0v) is 23.7. The number of carbonyl (C=O) groups is 3. The summed E-state index contributed by atoms with van der Waals surface area (Å²) in [6.45, 7) is 9.04. The molecule has 1 aromatic rings. The highest BCUT2D eigenvalue weighted by Crippen LogP contribution is 2.38. The Morgan fingerprint density at radius 2 is 1.62 bits per heavy atom. The number of amides is 3. The Labute approximate surface area is 232 Å². The third-order valence-electron chi connectivity index (χ3n) is 8.23. The second-order valence-corrected chi connectivity index (χ2v) is 12.6. The number of rotatable bonds is 6. The minimum absolute atomic E-state index is 0.00558. The molecule has 39 heavy (non-hydrogen) atoms. The molecule has 9 nitrogen and oxygen atoms in total. The second-order valence-electron chi connectivity index (χ2n) is 12.6. The molecule has 214 valence electrons. The lowest BCUT2D eigenvalue weighted by Crippen LogP contribution is -2.58.